The van der Waals surface area contributed by atoms with E-state index in [0.717, 1.165) is 23.4 Å². The highest BCUT2D eigenvalue weighted by molar-refractivity contribution is 6.31. The van der Waals surface area contributed by atoms with Crippen LogP contribution in [-0.2, 0) is 23.2 Å². The smallest absolute Gasteiger partial charge is 0.265 e. The van der Waals surface area contributed by atoms with Crippen molar-refractivity contribution in [1.29, 1.82) is 0 Å². The Labute approximate surface area is 184 Å². The van der Waals surface area contributed by atoms with Gasteiger partial charge in [0.25, 0.3) is 11.8 Å². The second-order valence-electron chi connectivity index (χ2n) is 7.22. The van der Waals surface area contributed by atoms with Crippen molar-refractivity contribution in [2.24, 2.45) is 7.05 Å². The van der Waals surface area contributed by atoms with Gasteiger partial charge in [0.2, 0.25) is 0 Å². The fourth-order valence-corrected chi connectivity index (χ4v) is 3.75. The largest absolute Gasteiger partial charge is 0.271 e. The third kappa shape index (κ3) is 4.36. The summed E-state index contributed by atoms with van der Waals surface area (Å²) in [4.78, 5) is 29.7. The van der Waals surface area contributed by atoms with E-state index in [-0.39, 0.29) is 18.4 Å². The van der Waals surface area contributed by atoms with E-state index in [0.29, 0.717) is 23.8 Å². The first-order valence-corrected chi connectivity index (χ1v) is 10.2. The third-order valence-corrected chi connectivity index (χ3v) is 5.51. The standard InChI is InChI=1S/C21H22ClN7O2/c1-15-17(21(22)26(2)24-15)6-7-19(30)28-10-4-11-29(28)20(31)14-27-12-8-18(25-27)16-5-3-9-23-13-16/h3,5-9,12-13H,4,10-11,14H2,1-2H3/b7-6+. The molecule has 0 bridgehead atoms. The minimum Gasteiger partial charge on any atom is -0.271 e. The number of hydrogen-bond acceptors (Lipinski definition) is 5. The molecule has 3 aromatic rings. The molecule has 0 saturated carbocycles. The average Bonchev–Trinajstić information content (AvgIpc) is 3.48. The Morgan fingerprint density at radius 3 is 2.71 bits per heavy atom. The van der Waals surface area contributed by atoms with Gasteiger partial charge in [-0.05, 0) is 37.6 Å². The molecule has 4 rings (SSSR count). The summed E-state index contributed by atoms with van der Waals surface area (Å²) in [5, 5.41) is 12.1. The number of rotatable bonds is 5. The first-order valence-electron chi connectivity index (χ1n) is 9.87. The van der Waals surface area contributed by atoms with Crippen LogP contribution in [0.1, 0.15) is 17.7 Å². The molecule has 4 heterocycles. The Kier molecular flexibility index (Phi) is 5.85. The molecule has 3 aromatic heterocycles. The van der Waals surface area contributed by atoms with Gasteiger partial charge in [0.1, 0.15) is 11.7 Å². The zero-order chi connectivity index (χ0) is 22.0. The number of amides is 2. The van der Waals surface area contributed by atoms with E-state index in [2.05, 4.69) is 15.2 Å². The highest BCUT2D eigenvalue weighted by atomic mass is 35.5. The molecule has 1 saturated heterocycles. The van der Waals surface area contributed by atoms with Crippen molar-refractivity contribution in [2.75, 3.05) is 13.1 Å². The normalized spacial score (nSPS) is 14.0. The van der Waals surface area contributed by atoms with Gasteiger partial charge >= 0.3 is 0 Å². The number of aromatic nitrogens is 5. The second kappa shape index (κ2) is 8.73. The van der Waals surface area contributed by atoms with Crippen LogP contribution in [0.15, 0.2) is 42.9 Å². The predicted molar refractivity (Wildman–Crippen MR) is 115 cm³/mol. The first-order chi connectivity index (χ1) is 14.9. The van der Waals surface area contributed by atoms with E-state index in [4.69, 9.17) is 11.6 Å². The Hall–Kier alpha value is -3.46. The number of pyridine rings is 1. The van der Waals surface area contributed by atoms with Crippen LogP contribution in [0.2, 0.25) is 5.15 Å². The van der Waals surface area contributed by atoms with E-state index in [1.54, 1.807) is 41.1 Å². The molecule has 0 unspecified atom stereocenters. The number of halogens is 1. The molecule has 1 aliphatic heterocycles. The van der Waals surface area contributed by atoms with Gasteiger partial charge in [-0.25, -0.2) is 10.0 Å². The number of carbonyl (C=O) groups is 2. The number of hydrazine groups is 1. The maximum atomic E-state index is 12.9. The van der Waals surface area contributed by atoms with Gasteiger partial charge in [0.05, 0.1) is 11.4 Å². The topological polar surface area (TPSA) is 89.2 Å². The van der Waals surface area contributed by atoms with Crippen molar-refractivity contribution in [1.82, 2.24) is 34.6 Å². The molecule has 31 heavy (non-hydrogen) atoms. The fourth-order valence-electron chi connectivity index (χ4n) is 3.51. The molecule has 0 spiro atoms. The lowest BCUT2D eigenvalue weighted by atomic mass is 10.2. The summed E-state index contributed by atoms with van der Waals surface area (Å²) in [6.45, 7) is 2.84. The maximum Gasteiger partial charge on any atom is 0.265 e. The fraction of sp³-hybridized carbons (Fsp3) is 0.286. The van der Waals surface area contributed by atoms with Gasteiger partial charge in [-0.2, -0.15) is 10.2 Å². The summed E-state index contributed by atoms with van der Waals surface area (Å²) >= 11 is 6.22. The van der Waals surface area contributed by atoms with Crippen molar-refractivity contribution in [3.63, 3.8) is 0 Å². The first kappa shape index (κ1) is 20.8. The molecule has 2 amide bonds. The van der Waals surface area contributed by atoms with E-state index in [1.807, 2.05) is 25.1 Å². The molecule has 160 valence electrons. The van der Waals surface area contributed by atoms with Crippen LogP contribution >= 0.6 is 11.6 Å². The zero-order valence-corrected chi connectivity index (χ0v) is 18.0. The highest BCUT2D eigenvalue weighted by Crippen LogP contribution is 2.21. The van der Waals surface area contributed by atoms with Crippen LogP contribution in [0, 0.1) is 6.92 Å². The van der Waals surface area contributed by atoms with Crippen LogP contribution in [0.25, 0.3) is 17.3 Å². The van der Waals surface area contributed by atoms with E-state index in [1.165, 1.54) is 16.1 Å². The number of aryl methyl sites for hydroxylation is 2. The Balaban J connectivity index is 1.43. The van der Waals surface area contributed by atoms with Crippen LogP contribution in [0.4, 0.5) is 0 Å². The van der Waals surface area contributed by atoms with Crippen molar-refractivity contribution in [3.8, 4) is 11.3 Å². The molecular weight excluding hydrogens is 418 g/mol. The minimum atomic E-state index is -0.276. The maximum absolute atomic E-state index is 12.9. The van der Waals surface area contributed by atoms with Gasteiger partial charge in [-0.15, -0.1) is 0 Å². The molecule has 1 fully saturated rings. The van der Waals surface area contributed by atoms with Crippen LogP contribution in [-0.4, -0.2) is 59.5 Å². The Bertz CT molecular complexity index is 1140. The van der Waals surface area contributed by atoms with Crippen LogP contribution in [0.3, 0.4) is 0 Å². The molecular formula is C21H22ClN7O2. The van der Waals surface area contributed by atoms with Crippen molar-refractivity contribution in [2.45, 2.75) is 19.9 Å². The summed E-state index contributed by atoms with van der Waals surface area (Å²) < 4.78 is 3.12. The SMILES string of the molecule is Cc1nn(C)c(Cl)c1/C=C/C(=O)N1CCCN1C(=O)Cn1ccc(-c2cccnc2)n1. The van der Waals surface area contributed by atoms with Crippen molar-refractivity contribution in [3.05, 3.63) is 59.3 Å². The third-order valence-electron chi connectivity index (χ3n) is 5.06. The van der Waals surface area contributed by atoms with Gasteiger partial charge in [-0.3, -0.25) is 23.9 Å². The monoisotopic (exact) mass is 439 g/mol. The van der Waals surface area contributed by atoms with E-state index < -0.39 is 0 Å². The molecule has 0 radical (unpaired) electrons. The second-order valence-corrected chi connectivity index (χ2v) is 7.58. The van der Waals surface area contributed by atoms with Gasteiger partial charge < -0.3 is 0 Å². The summed E-state index contributed by atoms with van der Waals surface area (Å²) in [6.07, 6.45) is 8.95. The lowest BCUT2D eigenvalue weighted by Crippen LogP contribution is -2.45. The Morgan fingerprint density at radius 1 is 1.19 bits per heavy atom. The van der Waals surface area contributed by atoms with Crippen molar-refractivity contribution >= 4 is 29.5 Å². The summed E-state index contributed by atoms with van der Waals surface area (Å²) in [5.74, 6) is -0.475. The summed E-state index contributed by atoms with van der Waals surface area (Å²) in [7, 11) is 1.74. The van der Waals surface area contributed by atoms with Crippen LogP contribution < -0.4 is 0 Å². The lowest BCUT2D eigenvalue weighted by Gasteiger charge is -2.26. The van der Waals surface area contributed by atoms with Gasteiger partial charge in [-0.1, -0.05) is 11.6 Å². The highest BCUT2D eigenvalue weighted by Gasteiger charge is 2.29. The number of hydrogen-bond donors (Lipinski definition) is 0. The Morgan fingerprint density at radius 2 is 2.00 bits per heavy atom. The quantitative estimate of drug-likeness (QED) is 0.569. The molecule has 10 heteroatoms. The van der Waals surface area contributed by atoms with E-state index in [9.17, 15) is 9.59 Å². The molecule has 0 N–H and O–H groups in total. The minimum absolute atomic E-state index is 0.0430. The van der Waals surface area contributed by atoms with Gasteiger partial charge in [0.15, 0.2) is 0 Å². The summed E-state index contributed by atoms with van der Waals surface area (Å²) in [5.41, 5.74) is 3.03. The van der Waals surface area contributed by atoms with Crippen LogP contribution in [0.5, 0.6) is 0 Å². The van der Waals surface area contributed by atoms with Gasteiger partial charge in [0, 0.05) is 55.9 Å². The average molecular weight is 440 g/mol. The number of carbonyl (C=O) groups excluding carboxylic acids is 2. The zero-order valence-electron chi connectivity index (χ0n) is 17.3. The molecule has 0 aromatic carbocycles. The number of nitrogens with zero attached hydrogens (tertiary/aromatic N) is 7. The molecule has 0 aliphatic carbocycles. The molecule has 9 nitrogen and oxygen atoms in total. The predicted octanol–water partition coefficient (Wildman–Crippen LogP) is 2.33. The lowest BCUT2D eigenvalue weighted by molar-refractivity contribution is -0.155. The molecule has 1 aliphatic rings. The van der Waals surface area contributed by atoms with E-state index >= 15 is 0 Å². The summed E-state index contributed by atoms with van der Waals surface area (Å²) in [6, 6.07) is 5.58. The molecule has 0 atom stereocenters. The van der Waals surface area contributed by atoms with Crippen molar-refractivity contribution < 1.29 is 9.59 Å².